The third-order valence-corrected chi connectivity index (χ3v) is 1.89. The molecule has 0 fully saturated rings. The van der Waals surface area contributed by atoms with Gasteiger partial charge in [-0.2, -0.15) is 4.79 Å². The Morgan fingerprint density at radius 3 is 2.71 bits per heavy atom. The zero-order valence-corrected chi connectivity index (χ0v) is 9.08. The molecule has 0 aliphatic heterocycles. The summed E-state index contributed by atoms with van der Waals surface area (Å²) in [6.45, 7) is 1.62. The van der Waals surface area contributed by atoms with E-state index in [1.54, 1.807) is 6.92 Å². The van der Waals surface area contributed by atoms with Gasteiger partial charge in [-0.1, -0.05) is 12.1 Å². The van der Waals surface area contributed by atoms with Crippen LogP contribution in [-0.2, 0) is 9.53 Å². The molecule has 0 bridgehead atoms. The summed E-state index contributed by atoms with van der Waals surface area (Å²) in [6.07, 6.45) is 0. The smallest absolute Gasteiger partial charge is 0.446 e. The van der Waals surface area contributed by atoms with E-state index in [1.165, 1.54) is 18.2 Å². The molecular weight excluding hydrogens is 224 g/mol. The number of benzene rings is 1. The van der Waals surface area contributed by atoms with Crippen molar-refractivity contribution in [3.8, 4) is 5.75 Å². The number of Topliss-reactive ketones (excluding diaryl/α,β-unsaturated/α-hetero) is 1. The van der Waals surface area contributed by atoms with Crippen molar-refractivity contribution < 1.29 is 24.2 Å². The third kappa shape index (κ3) is 2.99. The molecule has 0 saturated carbocycles. The largest absolute Gasteiger partial charge is 0.508 e. The van der Waals surface area contributed by atoms with E-state index in [2.05, 4.69) is 9.53 Å². The van der Waals surface area contributed by atoms with Gasteiger partial charge >= 0.3 is 11.7 Å². The standard InChI is InChI=1S/C11H10N2O4/c1-2-17-11(16)9(13-12)10(15)7-4-3-5-8(14)6-7/h3-6,14H,2H2,1H3. The first-order valence-corrected chi connectivity index (χ1v) is 4.83. The zero-order valence-electron chi connectivity index (χ0n) is 9.08. The van der Waals surface area contributed by atoms with Gasteiger partial charge in [0.05, 0.1) is 6.61 Å². The number of carbonyl (C=O) groups is 2. The molecule has 0 amide bonds. The van der Waals surface area contributed by atoms with E-state index in [4.69, 9.17) is 5.53 Å². The molecule has 0 aliphatic carbocycles. The van der Waals surface area contributed by atoms with Crippen LogP contribution in [0, 0.1) is 0 Å². The highest BCUT2D eigenvalue weighted by Crippen LogP contribution is 2.11. The highest BCUT2D eigenvalue weighted by atomic mass is 16.5. The molecule has 1 aromatic rings. The second-order valence-corrected chi connectivity index (χ2v) is 3.05. The molecule has 0 radical (unpaired) electrons. The molecule has 6 heteroatoms. The van der Waals surface area contributed by atoms with Crippen LogP contribution >= 0.6 is 0 Å². The number of phenolic OH excluding ortho intramolecular Hbond substituents is 1. The molecule has 1 N–H and O–H groups in total. The van der Waals surface area contributed by atoms with E-state index >= 15 is 0 Å². The first-order chi connectivity index (χ1) is 8.10. The van der Waals surface area contributed by atoms with Crippen LogP contribution < -0.4 is 0 Å². The number of nitrogens with zero attached hydrogens (tertiary/aromatic N) is 2. The predicted octanol–water partition coefficient (Wildman–Crippen LogP) is 0.809. The normalized spacial score (nSPS) is 9.24. The SMILES string of the molecule is CCOC(=O)C(=[N+]=[N-])C(=O)c1cccc(O)c1. The number of carbonyl (C=O) groups excluding carboxylic acids is 2. The Labute approximate surface area is 97.1 Å². The van der Waals surface area contributed by atoms with Crippen LogP contribution in [0.4, 0.5) is 0 Å². The lowest BCUT2D eigenvalue weighted by atomic mass is 10.1. The summed E-state index contributed by atoms with van der Waals surface area (Å²) in [5, 5.41) is 9.19. The Bertz CT molecular complexity index is 504. The molecular formula is C11H10N2O4. The van der Waals surface area contributed by atoms with Crippen molar-refractivity contribution in [1.82, 2.24) is 0 Å². The zero-order chi connectivity index (χ0) is 12.8. The quantitative estimate of drug-likeness (QED) is 0.208. The van der Waals surface area contributed by atoms with Gasteiger partial charge < -0.3 is 15.4 Å². The van der Waals surface area contributed by atoms with Crippen LogP contribution in [0.1, 0.15) is 17.3 Å². The van der Waals surface area contributed by atoms with E-state index in [1.807, 2.05) is 0 Å². The van der Waals surface area contributed by atoms with E-state index in [0.717, 1.165) is 6.07 Å². The number of ketones is 1. The van der Waals surface area contributed by atoms with Gasteiger partial charge in [-0.05, 0) is 19.1 Å². The van der Waals surface area contributed by atoms with E-state index in [9.17, 15) is 14.7 Å². The van der Waals surface area contributed by atoms with Crippen molar-refractivity contribution in [2.75, 3.05) is 6.61 Å². The summed E-state index contributed by atoms with van der Waals surface area (Å²) in [6, 6.07) is 5.35. The molecule has 0 heterocycles. The number of phenols is 1. The Kier molecular flexibility index (Phi) is 4.14. The van der Waals surface area contributed by atoms with Crippen molar-refractivity contribution in [3.05, 3.63) is 35.4 Å². The lowest BCUT2D eigenvalue weighted by Crippen LogP contribution is -2.27. The summed E-state index contributed by atoms with van der Waals surface area (Å²) in [4.78, 5) is 25.6. The first-order valence-electron chi connectivity index (χ1n) is 4.83. The van der Waals surface area contributed by atoms with Crippen LogP contribution in [0.15, 0.2) is 24.3 Å². The van der Waals surface area contributed by atoms with Gasteiger partial charge in [0, 0.05) is 5.56 Å². The Hall–Kier alpha value is -2.46. The van der Waals surface area contributed by atoms with Crippen molar-refractivity contribution in [2.45, 2.75) is 6.92 Å². The minimum absolute atomic E-state index is 0.0332. The second-order valence-electron chi connectivity index (χ2n) is 3.05. The van der Waals surface area contributed by atoms with Crippen LogP contribution in [0.2, 0.25) is 0 Å². The summed E-state index contributed by atoms with van der Waals surface area (Å²) in [7, 11) is 0. The maximum atomic E-state index is 11.7. The van der Waals surface area contributed by atoms with Gasteiger partial charge in [0.2, 0.25) is 0 Å². The van der Waals surface area contributed by atoms with Crippen LogP contribution in [0.5, 0.6) is 5.75 Å². The average Bonchev–Trinajstić information content (AvgIpc) is 2.30. The summed E-state index contributed by atoms with van der Waals surface area (Å²) in [5.74, 6) is -1.96. The number of ether oxygens (including phenoxy) is 1. The molecule has 17 heavy (non-hydrogen) atoms. The Morgan fingerprint density at radius 1 is 1.47 bits per heavy atom. The van der Waals surface area contributed by atoms with Gasteiger partial charge in [0.15, 0.2) is 0 Å². The predicted molar refractivity (Wildman–Crippen MR) is 57.7 cm³/mol. The molecule has 0 unspecified atom stereocenters. The third-order valence-electron chi connectivity index (χ3n) is 1.89. The Balaban J connectivity index is 3.03. The molecule has 0 aromatic heterocycles. The highest BCUT2D eigenvalue weighted by Gasteiger charge is 2.32. The van der Waals surface area contributed by atoms with E-state index < -0.39 is 17.5 Å². The molecule has 0 spiro atoms. The van der Waals surface area contributed by atoms with Gasteiger partial charge in [0.1, 0.15) is 5.75 Å². The molecule has 0 saturated heterocycles. The van der Waals surface area contributed by atoms with Gasteiger partial charge in [-0.3, -0.25) is 4.79 Å². The van der Waals surface area contributed by atoms with Crippen molar-refractivity contribution >= 4 is 17.5 Å². The average molecular weight is 234 g/mol. The topological polar surface area (TPSA) is 100 Å². The van der Waals surface area contributed by atoms with Gasteiger partial charge in [-0.25, -0.2) is 4.79 Å². The van der Waals surface area contributed by atoms with E-state index in [-0.39, 0.29) is 17.9 Å². The van der Waals surface area contributed by atoms with Crippen molar-refractivity contribution in [3.63, 3.8) is 0 Å². The van der Waals surface area contributed by atoms with E-state index in [0.29, 0.717) is 0 Å². The molecule has 88 valence electrons. The fourth-order valence-corrected chi connectivity index (χ4v) is 1.16. The minimum atomic E-state index is -1.01. The van der Waals surface area contributed by atoms with Crippen molar-refractivity contribution in [1.29, 1.82) is 0 Å². The number of hydrogen-bond acceptors (Lipinski definition) is 4. The lowest BCUT2D eigenvalue weighted by Gasteiger charge is -1.98. The minimum Gasteiger partial charge on any atom is -0.508 e. The highest BCUT2D eigenvalue weighted by molar-refractivity contribution is 6.65. The lowest BCUT2D eigenvalue weighted by molar-refractivity contribution is -0.139. The number of aromatic hydroxyl groups is 1. The van der Waals surface area contributed by atoms with Gasteiger partial charge in [-0.15, -0.1) is 0 Å². The number of rotatable bonds is 4. The van der Waals surface area contributed by atoms with Gasteiger partial charge in [0.25, 0.3) is 5.78 Å². The molecule has 0 atom stereocenters. The monoisotopic (exact) mass is 234 g/mol. The fraction of sp³-hybridized carbons (Fsp3) is 0.182. The maximum Gasteiger partial charge on any atom is 0.446 e. The second kappa shape index (κ2) is 5.58. The van der Waals surface area contributed by atoms with Crippen LogP contribution in [0.25, 0.3) is 5.53 Å². The number of hydrogen-bond donors (Lipinski definition) is 1. The fourth-order valence-electron chi connectivity index (χ4n) is 1.16. The summed E-state index contributed by atoms with van der Waals surface area (Å²) < 4.78 is 4.55. The van der Waals surface area contributed by atoms with Crippen LogP contribution in [-0.4, -0.2) is 34.0 Å². The maximum absolute atomic E-state index is 11.7. The molecule has 6 nitrogen and oxygen atoms in total. The summed E-state index contributed by atoms with van der Waals surface area (Å²) >= 11 is 0. The molecule has 1 rings (SSSR count). The number of esters is 1. The van der Waals surface area contributed by atoms with Crippen molar-refractivity contribution in [2.24, 2.45) is 0 Å². The molecule has 0 aliphatic rings. The summed E-state index contributed by atoms with van der Waals surface area (Å²) in [5.41, 5.74) is 7.94. The first kappa shape index (κ1) is 12.6. The van der Waals surface area contributed by atoms with Crippen LogP contribution in [0.3, 0.4) is 0 Å². The Morgan fingerprint density at radius 2 is 2.18 bits per heavy atom. The molecule has 1 aromatic carbocycles.